The summed E-state index contributed by atoms with van der Waals surface area (Å²) in [5.41, 5.74) is 8.13. The fourth-order valence-electron chi connectivity index (χ4n) is 3.75. The molecule has 1 fully saturated rings. The van der Waals surface area contributed by atoms with Crippen molar-refractivity contribution in [1.29, 1.82) is 0 Å². The minimum Gasteiger partial charge on any atom is -0.382 e. The number of rotatable bonds is 2. The number of anilines is 1. The fraction of sp³-hybridized carbons (Fsp3) is 0.400. The molecule has 1 saturated carbocycles. The Bertz CT molecular complexity index is 811. The van der Waals surface area contributed by atoms with E-state index in [1.165, 1.54) is 29.5 Å². The number of hydrogen-bond donors (Lipinski definition) is 2. The van der Waals surface area contributed by atoms with Gasteiger partial charge >= 0.3 is 6.18 Å². The summed E-state index contributed by atoms with van der Waals surface area (Å²) in [5, 5.41) is 3.40. The Kier molecular flexibility index (Phi) is 4.65. The van der Waals surface area contributed by atoms with Crippen molar-refractivity contribution in [2.24, 2.45) is 5.73 Å². The van der Waals surface area contributed by atoms with Crippen molar-refractivity contribution in [3.8, 4) is 0 Å². The molecule has 0 bridgehead atoms. The van der Waals surface area contributed by atoms with Crippen LogP contribution >= 0.6 is 11.8 Å². The zero-order valence-electron chi connectivity index (χ0n) is 14.3. The fourth-order valence-corrected chi connectivity index (χ4v) is 4.90. The first-order valence-corrected chi connectivity index (χ1v) is 9.74. The maximum atomic E-state index is 13.4. The van der Waals surface area contributed by atoms with E-state index in [0.29, 0.717) is 17.0 Å². The minimum atomic E-state index is -4.35. The highest BCUT2D eigenvalue weighted by atomic mass is 32.2. The molecule has 1 heterocycles. The SMILES string of the molecule is NC1CCC(Nc2cc(C(F)(F)F)cc3c2Cc2ccccc2S3)CC1. The third kappa shape index (κ3) is 3.58. The van der Waals surface area contributed by atoms with E-state index in [1.54, 1.807) is 0 Å². The van der Waals surface area contributed by atoms with Gasteiger partial charge in [0, 0.05) is 34.0 Å². The minimum absolute atomic E-state index is 0.185. The molecule has 2 nitrogen and oxygen atoms in total. The van der Waals surface area contributed by atoms with E-state index in [9.17, 15) is 13.2 Å². The second-order valence-electron chi connectivity index (χ2n) is 7.14. The number of hydrogen-bond acceptors (Lipinski definition) is 3. The molecule has 1 aliphatic heterocycles. The van der Waals surface area contributed by atoms with Gasteiger partial charge in [0.15, 0.2) is 0 Å². The molecular formula is C20H21F3N2S. The van der Waals surface area contributed by atoms with Crippen molar-refractivity contribution >= 4 is 17.4 Å². The molecule has 0 unspecified atom stereocenters. The van der Waals surface area contributed by atoms with E-state index in [0.717, 1.165) is 36.1 Å². The Balaban J connectivity index is 1.70. The molecule has 6 heteroatoms. The number of benzene rings is 2. The van der Waals surface area contributed by atoms with E-state index in [2.05, 4.69) is 5.32 Å². The maximum absolute atomic E-state index is 13.4. The van der Waals surface area contributed by atoms with Gasteiger partial charge in [-0.3, -0.25) is 0 Å². The first kappa shape index (κ1) is 17.7. The Morgan fingerprint density at radius 3 is 2.46 bits per heavy atom. The lowest BCUT2D eigenvalue weighted by Crippen LogP contribution is -2.33. The molecule has 0 amide bonds. The number of nitrogens with two attached hydrogens (primary N) is 1. The number of halogens is 3. The molecule has 2 aromatic carbocycles. The average Bonchev–Trinajstić information content (AvgIpc) is 2.61. The van der Waals surface area contributed by atoms with Crippen LogP contribution in [0.1, 0.15) is 42.4 Å². The van der Waals surface area contributed by atoms with Gasteiger partial charge < -0.3 is 11.1 Å². The first-order chi connectivity index (χ1) is 12.4. The number of fused-ring (bicyclic) bond motifs is 2. The van der Waals surface area contributed by atoms with Crippen LogP contribution in [-0.4, -0.2) is 12.1 Å². The molecule has 4 rings (SSSR count). The molecular weight excluding hydrogens is 357 g/mol. The molecule has 3 N–H and O–H groups in total. The van der Waals surface area contributed by atoms with E-state index >= 15 is 0 Å². The Hall–Kier alpha value is -1.66. The van der Waals surface area contributed by atoms with Crippen LogP contribution in [0.3, 0.4) is 0 Å². The summed E-state index contributed by atoms with van der Waals surface area (Å²) in [6.45, 7) is 0. The van der Waals surface area contributed by atoms with Gasteiger partial charge in [-0.2, -0.15) is 13.2 Å². The van der Waals surface area contributed by atoms with Crippen molar-refractivity contribution < 1.29 is 13.2 Å². The van der Waals surface area contributed by atoms with Crippen molar-refractivity contribution in [3.05, 3.63) is 53.1 Å². The van der Waals surface area contributed by atoms with Crippen molar-refractivity contribution in [2.75, 3.05) is 5.32 Å². The Morgan fingerprint density at radius 1 is 1.00 bits per heavy atom. The van der Waals surface area contributed by atoms with Crippen LogP contribution < -0.4 is 11.1 Å². The van der Waals surface area contributed by atoms with Crippen molar-refractivity contribution in [1.82, 2.24) is 0 Å². The molecule has 26 heavy (non-hydrogen) atoms. The summed E-state index contributed by atoms with van der Waals surface area (Å²) >= 11 is 1.43. The Morgan fingerprint density at radius 2 is 1.73 bits per heavy atom. The molecule has 0 atom stereocenters. The summed E-state index contributed by atoms with van der Waals surface area (Å²) in [6.07, 6.45) is -0.0677. The quantitative estimate of drug-likeness (QED) is 0.623. The molecule has 1 aliphatic carbocycles. The molecule has 138 valence electrons. The van der Waals surface area contributed by atoms with Crippen LogP contribution in [0.25, 0.3) is 0 Å². The highest BCUT2D eigenvalue weighted by Crippen LogP contribution is 2.45. The van der Waals surface area contributed by atoms with Crippen LogP contribution in [0.15, 0.2) is 46.2 Å². The van der Waals surface area contributed by atoms with Gasteiger partial charge in [-0.05, 0) is 55.0 Å². The molecule has 2 aliphatic rings. The largest absolute Gasteiger partial charge is 0.416 e. The zero-order chi connectivity index (χ0) is 18.3. The highest BCUT2D eigenvalue weighted by molar-refractivity contribution is 7.99. The third-order valence-electron chi connectivity index (χ3n) is 5.23. The summed E-state index contributed by atoms with van der Waals surface area (Å²) < 4.78 is 40.2. The van der Waals surface area contributed by atoms with Crippen LogP contribution in [0.2, 0.25) is 0 Å². The van der Waals surface area contributed by atoms with Gasteiger partial charge in [0.05, 0.1) is 5.56 Å². The number of alkyl halides is 3. The van der Waals surface area contributed by atoms with Gasteiger partial charge in [-0.15, -0.1) is 0 Å². The van der Waals surface area contributed by atoms with Gasteiger partial charge in [0.2, 0.25) is 0 Å². The molecule has 0 aromatic heterocycles. The van der Waals surface area contributed by atoms with E-state index in [-0.39, 0.29) is 12.1 Å². The van der Waals surface area contributed by atoms with Crippen molar-refractivity contribution in [3.63, 3.8) is 0 Å². The zero-order valence-corrected chi connectivity index (χ0v) is 15.1. The first-order valence-electron chi connectivity index (χ1n) is 8.92. The Labute approximate surface area is 155 Å². The lowest BCUT2D eigenvalue weighted by Gasteiger charge is -2.30. The van der Waals surface area contributed by atoms with Crippen molar-refractivity contribution in [2.45, 2.75) is 60.2 Å². The van der Waals surface area contributed by atoms with Gasteiger partial charge in [-0.1, -0.05) is 30.0 Å². The highest BCUT2D eigenvalue weighted by Gasteiger charge is 2.33. The second-order valence-corrected chi connectivity index (χ2v) is 8.22. The van der Waals surface area contributed by atoms with Crippen LogP contribution in [-0.2, 0) is 12.6 Å². The summed E-state index contributed by atoms with van der Waals surface area (Å²) in [4.78, 5) is 1.74. The van der Waals surface area contributed by atoms with Crippen LogP contribution in [0.5, 0.6) is 0 Å². The predicted molar refractivity (Wildman–Crippen MR) is 98.7 cm³/mol. The normalized spacial score (nSPS) is 22.5. The number of nitrogens with one attached hydrogen (secondary N) is 1. The smallest absolute Gasteiger partial charge is 0.382 e. The monoisotopic (exact) mass is 378 g/mol. The van der Waals surface area contributed by atoms with Crippen LogP contribution in [0, 0.1) is 0 Å². The van der Waals surface area contributed by atoms with Gasteiger partial charge in [0.25, 0.3) is 0 Å². The standard InChI is InChI=1S/C20H21F3N2S/c21-20(22,23)13-10-17(25-15-7-5-14(24)6-8-15)16-9-12-3-1-2-4-18(12)26-19(16)11-13/h1-4,10-11,14-15,25H,5-9,24H2. The molecule has 2 aromatic rings. The van der Waals surface area contributed by atoms with Gasteiger partial charge in [-0.25, -0.2) is 0 Å². The van der Waals surface area contributed by atoms with Gasteiger partial charge in [0.1, 0.15) is 0 Å². The lowest BCUT2D eigenvalue weighted by atomic mass is 9.91. The molecule has 0 saturated heterocycles. The van der Waals surface area contributed by atoms with E-state index < -0.39 is 11.7 Å². The van der Waals surface area contributed by atoms with Crippen LogP contribution in [0.4, 0.5) is 18.9 Å². The summed E-state index contributed by atoms with van der Waals surface area (Å²) in [5.74, 6) is 0. The van der Waals surface area contributed by atoms with E-state index in [4.69, 9.17) is 5.73 Å². The summed E-state index contributed by atoms with van der Waals surface area (Å²) in [7, 11) is 0. The predicted octanol–water partition coefficient (Wildman–Crippen LogP) is 5.44. The molecule has 0 radical (unpaired) electrons. The topological polar surface area (TPSA) is 38.0 Å². The van der Waals surface area contributed by atoms with E-state index in [1.807, 2.05) is 24.3 Å². The lowest BCUT2D eigenvalue weighted by molar-refractivity contribution is -0.137. The summed E-state index contributed by atoms with van der Waals surface area (Å²) in [6, 6.07) is 10.9. The third-order valence-corrected chi connectivity index (χ3v) is 6.43. The second kappa shape index (κ2) is 6.82. The maximum Gasteiger partial charge on any atom is 0.416 e. The average molecular weight is 378 g/mol. The molecule has 0 spiro atoms.